The van der Waals surface area contributed by atoms with E-state index < -0.39 is 0 Å². The van der Waals surface area contributed by atoms with E-state index in [2.05, 4.69) is 31.4 Å². The zero-order chi connectivity index (χ0) is 29.6. The summed E-state index contributed by atoms with van der Waals surface area (Å²) in [5.74, 6) is 1.73. The van der Waals surface area contributed by atoms with Gasteiger partial charge in [0.1, 0.15) is 11.5 Å². The molecule has 12 heteroatoms. The molecule has 0 fully saturated rings. The highest BCUT2D eigenvalue weighted by Gasteiger charge is 2.33. The van der Waals surface area contributed by atoms with Gasteiger partial charge < -0.3 is 19.4 Å². The van der Waals surface area contributed by atoms with E-state index in [4.69, 9.17) is 14.6 Å². The first kappa shape index (κ1) is 29.3. The molecule has 0 aliphatic carbocycles. The first-order valence-corrected chi connectivity index (χ1v) is 14.9. The summed E-state index contributed by atoms with van der Waals surface area (Å²) in [5.41, 5.74) is 3.29. The van der Waals surface area contributed by atoms with E-state index in [0.29, 0.717) is 28.7 Å². The summed E-state index contributed by atoms with van der Waals surface area (Å²) < 4.78 is 13.2. The molecule has 1 atom stereocenters. The highest BCUT2D eigenvalue weighted by molar-refractivity contribution is 9.10. The average Bonchev–Trinajstić information content (AvgIpc) is 3.63. The molecule has 42 heavy (non-hydrogen) atoms. The Balaban J connectivity index is 1.26. The SMILES string of the molecule is COc1ccc(C(=O)NCc2nnc(SCC(=O)N3N=C(c4ccc(Br)cc4)CC3c3ccc(OC)cc3)n2C)cc1. The van der Waals surface area contributed by atoms with Crippen LogP contribution in [-0.2, 0) is 18.4 Å². The molecule has 2 amide bonds. The van der Waals surface area contributed by atoms with Gasteiger partial charge in [0.05, 0.1) is 38.3 Å². The quantitative estimate of drug-likeness (QED) is 0.241. The Morgan fingerprint density at radius 3 is 2.24 bits per heavy atom. The van der Waals surface area contributed by atoms with Crippen molar-refractivity contribution in [2.24, 2.45) is 12.1 Å². The van der Waals surface area contributed by atoms with Gasteiger partial charge in [0, 0.05) is 23.5 Å². The van der Waals surface area contributed by atoms with Gasteiger partial charge in [-0.3, -0.25) is 9.59 Å². The summed E-state index contributed by atoms with van der Waals surface area (Å²) in [6.07, 6.45) is 0.590. The molecule has 0 spiro atoms. The van der Waals surface area contributed by atoms with Crippen LogP contribution in [0, 0.1) is 0 Å². The number of aromatic nitrogens is 3. The van der Waals surface area contributed by atoms with Crippen molar-refractivity contribution in [3.05, 3.63) is 99.8 Å². The summed E-state index contributed by atoms with van der Waals surface area (Å²) in [6.45, 7) is 0.190. The number of hydrogen-bond donors (Lipinski definition) is 1. The molecule has 4 aromatic rings. The second-order valence-electron chi connectivity index (χ2n) is 9.44. The first-order chi connectivity index (χ1) is 20.4. The molecule has 1 aromatic heterocycles. The smallest absolute Gasteiger partial charge is 0.253 e. The maximum Gasteiger partial charge on any atom is 0.253 e. The number of carbonyl (C=O) groups excluding carboxylic acids is 2. The van der Waals surface area contributed by atoms with Gasteiger partial charge >= 0.3 is 0 Å². The molecule has 5 rings (SSSR count). The van der Waals surface area contributed by atoms with Crippen molar-refractivity contribution in [1.29, 1.82) is 0 Å². The lowest BCUT2D eigenvalue weighted by Gasteiger charge is -2.22. The highest BCUT2D eigenvalue weighted by Crippen LogP contribution is 2.34. The Kier molecular flexibility index (Phi) is 9.23. The molecule has 3 aromatic carbocycles. The predicted molar refractivity (Wildman–Crippen MR) is 164 cm³/mol. The second-order valence-corrected chi connectivity index (χ2v) is 11.3. The molecular weight excluding hydrogens is 620 g/mol. The van der Waals surface area contributed by atoms with Crippen molar-refractivity contribution < 1.29 is 19.1 Å². The van der Waals surface area contributed by atoms with Crippen molar-refractivity contribution in [2.45, 2.75) is 24.2 Å². The normalized spacial score (nSPS) is 14.4. The first-order valence-electron chi connectivity index (χ1n) is 13.1. The van der Waals surface area contributed by atoms with E-state index in [1.54, 1.807) is 48.1 Å². The summed E-state index contributed by atoms with van der Waals surface area (Å²) >= 11 is 4.75. The third kappa shape index (κ3) is 6.66. The highest BCUT2D eigenvalue weighted by atomic mass is 79.9. The lowest BCUT2D eigenvalue weighted by atomic mass is 9.98. The van der Waals surface area contributed by atoms with Gasteiger partial charge in [-0.15, -0.1) is 10.2 Å². The summed E-state index contributed by atoms with van der Waals surface area (Å²) in [4.78, 5) is 26.1. The number of methoxy groups -OCH3 is 2. The lowest BCUT2D eigenvalue weighted by Crippen LogP contribution is -2.28. The molecule has 0 bridgehead atoms. The summed E-state index contributed by atoms with van der Waals surface area (Å²) in [6, 6.07) is 22.2. The van der Waals surface area contributed by atoms with Crippen molar-refractivity contribution in [2.75, 3.05) is 20.0 Å². The third-order valence-corrected chi connectivity index (χ3v) is 8.39. The minimum Gasteiger partial charge on any atom is -0.497 e. The topological polar surface area (TPSA) is 111 Å². The number of nitrogens with zero attached hydrogens (tertiary/aromatic N) is 5. The Morgan fingerprint density at radius 1 is 0.952 bits per heavy atom. The van der Waals surface area contributed by atoms with Crippen LogP contribution in [0.5, 0.6) is 11.5 Å². The number of benzene rings is 3. The van der Waals surface area contributed by atoms with E-state index in [1.807, 2.05) is 55.6 Å². The minimum atomic E-state index is -0.245. The van der Waals surface area contributed by atoms with Crippen LogP contribution < -0.4 is 14.8 Å². The van der Waals surface area contributed by atoms with Crippen LogP contribution in [0.4, 0.5) is 0 Å². The van der Waals surface area contributed by atoms with Crippen LogP contribution in [0.2, 0.25) is 0 Å². The van der Waals surface area contributed by atoms with E-state index in [-0.39, 0.29) is 30.2 Å². The Bertz CT molecular complexity index is 1590. The molecule has 2 heterocycles. The molecule has 1 unspecified atom stereocenters. The number of hydrazone groups is 1. The van der Waals surface area contributed by atoms with Gasteiger partial charge in [0.15, 0.2) is 11.0 Å². The second kappa shape index (κ2) is 13.2. The number of nitrogens with one attached hydrogen (secondary N) is 1. The molecule has 216 valence electrons. The van der Waals surface area contributed by atoms with Crippen LogP contribution in [-0.4, -0.2) is 57.3 Å². The number of hydrogen-bond acceptors (Lipinski definition) is 8. The van der Waals surface area contributed by atoms with Gasteiger partial charge in [0.2, 0.25) is 0 Å². The predicted octanol–water partition coefficient (Wildman–Crippen LogP) is 4.99. The number of halogens is 1. The zero-order valence-electron chi connectivity index (χ0n) is 23.3. The van der Waals surface area contributed by atoms with E-state index in [1.165, 1.54) is 11.8 Å². The number of carbonyl (C=O) groups is 2. The van der Waals surface area contributed by atoms with Crippen LogP contribution >= 0.6 is 27.7 Å². The third-order valence-electron chi connectivity index (χ3n) is 6.85. The Labute approximate surface area is 256 Å². The zero-order valence-corrected chi connectivity index (χ0v) is 25.7. The van der Waals surface area contributed by atoms with Gasteiger partial charge in [0.25, 0.3) is 11.8 Å². The molecule has 10 nitrogen and oxygen atoms in total. The monoisotopic (exact) mass is 648 g/mol. The fourth-order valence-corrected chi connectivity index (χ4v) is 5.51. The van der Waals surface area contributed by atoms with Crippen molar-refractivity contribution >= 4 is 45.2 Å². The van der Waals surface area contributed by atoms with Crippen LogP contribution in [0.3, 0.4) is 0 Å². The molecule has 0 radical (unpaired) electrons. The Morgan fingerprint density at radius 2 is 1.60 bits per heavy atom. The van der Waals surface area contributed by atoms with Gasteiger partial charge in [-0.2, -0.15) is 5.10 Å². The Hall–Kier alpha value is -4.16. The number of rotatable bonds is 10. The maximum absolute atomic E-state index is 13.5. The maximum atomic E-state index is 13.5. The van der Waals surface area contributed by atoms with Crippen molar-refractivity contribution in [1.82, 2.24) is 25.1 Å². The van der Waals surface area contributed by atoms with E-state index in [9.17, 15) is 9.59 Å². The fraction of sp³-hybridized carbons (Fsp3) is 0.233. The van der Waals surface area contributed by atoms with E-state index >= 15 is 0 Å². The number of thioether (sulfide) groups is 1. The van der Waals surface area contributed by atoms with Gasteiger partial charge in [-0.05, 0) is 59.7 Å². The van der Waals surface area contributed by atoms with Crippen molar-refractivity contribution in [3.63, 3.8) is 0 Å². The number of ether oxygens (including phenoxy) is 2. The van der Waals surface area contributed by atoms with Crippen LogP contribution in [0.15, 0.2) is 87.5 Å². The van der Waals surface area contributed by atoms with Gasteiger partial charge in [-0.1, -0.05) is 52.0 Å². The standard InChI is InChI=1S/C30H29BrN6O4S/c1-36-27(17-32-29(39)21-8-14-24(41-3)15-9-21)33-34-30(36)42-18-28(38)37-26(20-6-12-23(40-2)13-7-20)16-25(35-37)19-4-10-22(31)11-5-19/h4-15,26H,16-18H2,1-3H3,(H,32,39). The summed E-state index contributed by atoms with van der Waals surface area (Å²) in [5, 5.41) is 18.2. The molecule has 1 N–H and O–H groups in total. The van der Waals surface area contributed by atoms with Gasteiger partial charge in [-0.25, -0.2) is 5.01 Å². The fourth-order valence-electron chi connectivity index (χ4n) is 4.46. The molecule has 0 saturated carbocycles. The largest absolute Gasteiger partial charge is 0.497 e. The average molecular weight is 650 g/mol. The molecular formula is C30H29BrN6O4S. The molecule has 1 aliphatic rings. The van der Waals surface area contributed by atoms with E-state index in [0.717, 1.165) is 27.1 Å². The molecule has 0 saturated heterocycles. The number of amides is 2. The lowest BCUT2D eigenvalue weighted by molar-refractivity contribution is -0.130. The summed E-state index contributed by atoms with van der Waals surface area (Å²) in [7, 11) is 5.01. The minimum absolute atomic E-state index is 0.119. The van der Waals surface area contributed by atoms with Crippen LogP contribution in [0.1, 0.15) is 39.8 Å². The molecule has 1 aliphatic heterocycles. The van der Waals surface area contributed by atoms with Crippen LogP contribution in [0.25, 0.3) is 0 Å². The van der Waals surface area contributed by atoms with Crippen molar-refractivity contribution in [3.8, 4) is 11.5 Å².